The molecule has 0 aliphatic heterocycles. The number of benzene rings is 1. The molecule has 92 valence electrons. The zero-order chi connectivity index (χ0) is 12.5. The Bertz CT molecular complexity index is 433. The molecule has 1 aromatic rings. The van der Waals surface area contributed by atoms with Gasteiger partial charge in [0.15, 0.2) is 0 Å². The predicted molar refractivity (Wildman–Crippen MR) is 58.5 cm³/mol. The Morgan fingerprint density at radius 1 is 1.24 bits per heavy atom. The van der Waals surface area contributed by atoms with Gasteiger partial charge >= 0.3 is 0 Å². The molecule has 0 bridgehead atoms. The second-order valence-electron chi connectivity index (χ2n) is 4.68. The number of Topliss-reactive ketones (excluding diaryl/α,β-unsaturated/α-hetero) is 1. The van der Waals surface area contributed by atoms with Crippen LogP contribution in [0.15, 0.2) is 18.2 Å². The van der Waals surface area contributed by atoms with E-state index >= 15 is 0 Å². The largest absolute Gasteiger partial charge is 0.390 e. The Hall–Kier alpha value is -1.29. The summed E-state index contributed by atoms with van der Waals surface area (Å²) in [5.74, 6) is -0.914. The minimum absolute atomic E-state index is 0.0594. The first-order chi connectivity index (χ1) is 7.98. The Balaban J connectivity index is 2.14. The third-order valence-corrected chi connectivity index (χ3v) is 3.27. The van der Waals surface area contributed by atoms with E-state index in [4.69, 9.17) is 0 Å². The molecule has 17 heavy (non-hydrogen) atoms. The van der Waals surface area contributed by atoms with Crippen molar-refractivity contribution in [2.24, 2.45) is 0 Å². The highest BCUT2D eigenvalue weighted by atomic mass is 19.1. The molecule has 2 rings (SSSR count). The maximum Gasteiger partial charge on any atom is 0.133 e. The van der Waals surface area contributed by atoms with Gasteiger partial charge < -0.3 is 5.11 Å². The Labute approximate surface area is 98.3 Å². The van der Waals surface area contributed by atoms with Gasteiger partial charge in [0.2, 0.25) is 0 Å². The predicted octanol–water partition coefficient (Wildman–Crippen LogP) is 2.38. The molecule has 2 nitrogen and oxygen atoms in total. The van der Waals surface area contributed by atoms with Crippen molar-refractivity contribution < 1.29 is 18.7 Å². The van der Waals surface area contributed by atoms with Crippen molar-refractivity contribution in [1.29, 1.82) is 0 Å². The zero-order valence-corrected chi connectivity index (χ0v) is 9.38. The lowest BCUT2D eigenvalue weighted by Gasteiger charge is -2.31. The fraction of sp³-hybridized carbons (Fsp3) is 0.462. The van der Waals surface area contributed by atoms with Crippen molar-refractivity contribution in [3.8, 4) is 0 Å². The molecule has 1 aliphatic carbocycles. The van der Waals surface area contributed by atoms with Gasteiger partial charge in [-0.05, 0) is 36.6 Å². The molecular formula is C13H14F2O2. The van der Waals surface area contributed by atoms with E-state index in [1.165, 1.54) is 0 Å². The topological polar surface area (TPSA) is 37.3 Å². The van der Waals surface area contributed by atoms with E-state index in [2.05, 4.69) is 0 Å². The van der Waals surface area contributed by atoms with E-state index in [9.17, 15) is 18.7 Å². The van der Waals surface area contributed by atoms with Crippen molar-refractivity contribution in [3.05, 3.63) is 35.4 Å². The van der Waals surface area contributed by atoms with Crippen LogP contribution in [0.3, 0.4) is 0 Å². The van der Waals surface area contributed by atoms with E-state index in [1.54, 1.807) is 0 Å². The van der Waals surface area contributed by atoms with Crippen LogP contribution >= 0.6 is 0 Å². The summed E-state index contributed by atoms with van der Waals surface area (Å²) in [5, 5.41) is 10.2. The first-order valence-corrected chi connectivity index (χ1v) is 5.67. The van der Waals surface area contributed by atoms with Crippen molar-refractivity contribution in [2.75, 3.05) is 0 Å². The normalized spacial score (nSPS) is 19.4. The fourth-order valence-corrected chi connectivity index (χ4v) is 2.20. The number of halogens is 2. The monoisotopic (exact) mass is 240 g/mol. The SMILES string of the molecule is O=C1CCC(O)(Cc2cc(F)ccc2F)CC1. The van der Waals surface area contributed by atoms with Gasteiger partial charge in [0.1, 0.15) is 17.4 Å². The van der Waals surface area contributed by atoms with Crippen LogP contribution < -0.4 is 0 Å². The summed E-state index contributed by atoms with van der Waals surface area (Å²) in [6, 6.07) is 3.21. The minimum Gasteiger partial charge on any atom is -0.390 e. The lowest BCUT2D eigenvalue weighted by atomic mass is 9.80. The van der Waals surface area contributed by atoms with Crippen molar-refractivity contribution in [3.63, 3.8) is 0 Å². The molecule has 0 saturated heterocycles. The highest BCUT2D eigenvalue weighted by Crippen LogP contribution is 2.30. The summed E-state index contributed by atoms with van der Waals surface area (Å²) in [6.07, 6.45) is 1.33. The zero-order valence-electron chi connectivity index (χ0n) is 9.38. The average Bonchev–Trinajstić information content (AvgIpc) is 2.28. The number of hydrogen-bond donors (Lipinski definition) is 1. The molecule has 1 fully saturated rings. The van der Waals surface area contributed by atoms with Gasteiger partial charge in [0.05, 0.1) is 5.60 Å². The molecule has 1 aromatic carbocycles. The molecule has 0 heterocycles. The molecule has 1 N–H and O–H groups in total. The van der Waals surface area contributed by atoms with Gasteiger partial charge in [0, 0.05) is 19.3 Å². The summed E-state index contributed by atoms with van der Waals surface area (Å²) in [6.45, 7) is 0. The molecule has 1 aliphatic rings. The third kappa shape index (κ3) is 2.88. The van der Waals surface area contributed by atoms with Gasteiger partial charge in [-0.25, -0.2) is 8.78 Å². The average molecular weight is 240 g/mol. The molecule has 0 spiro atoms. The molecule has 0 atom stereocenters. The number of carbonyl (C=O) groups is 1. The molecule has 0 aromatic heterocycles. The molecule has 1 saturated carbocycles. The maximum absolute atomic E-state index is 13.4. The first kappa shape index (κ1) is 12.2. The van der Waals surface area contributed by atoms with Crippen molar-refractivity contribution >= 4 is 5.78 Å². The third-order valence-electron chi connectivity index (χ3n) is 3.27. The van der Waals surface area contributed by atoms with E-state index in [0.717, 1.165) is 18.2 Å². The van der Waals surface area contributed by atoms with Crippen LogP contribution in [-0.4, -0.2) is 16.5 Å². The number of rotatable bonds is 2. The fourth-order valence-electron chi connectivity index (χ4n) is 2.20. The Morgan fingerprint density at radius 2 is 1.88 bits per heavy atom. The summed E-state index contributed by atoms with van der Waals surface area (Å²) in [5.41, 5.74) is -0.912. The van der Waals surface area contributed by atoms with Crippen LogP contribution in [0, 0.1) is 11.6 Å². The molecular weight excluding hydrogens is 226 g/mol. The Kier molecular flexibility index (Phi) is 3.24. The standard InChI is InChI=1S/C13H14F2O2/c14-10-1-2-12(15)9(7-10)8-13(17)5-3-11(16)4-6-13/h1-2,7,17H,3-6,8H2. The summed E-state index contributed by atoms with van der Waals surface area (Å²) in [4.78, 5) is 11.1. The molecule has 0 unspecified atom stereocenters. The lowest BCUT2D eigenvalue weighted by molar-refractivity contribution is -0.125. The quantitative estimate of drug-likeness (QED) is 0.861. The molecule has 0 radical (unpaired) electrons. The Morgan fingerprint density at radius 3 is 2.53 bits per heavy atom. The highest BCUT2D eigenvalue weighted by molar-refractivity contribution is 5.79. The van der Waals surface area contributed by atoms with Gasteiger partial charge in [-0.3, -0.25) is 4.79 Å². The summed E-state index contributed by atoms with van der Waals surface area (Å²) < 4.78 is 26.4. The second kappa shape index (κ2) is 4.53. The van der Waals surface area contributed by atoms with Gasteiger partial charge in [-0.1, -0.05) is 0 Å². The summed E-state index contributed by atoms with van der Waals surface area (Å²) >= 11 is 0. The second-order valence-corrected chi connectivity index (χ2v) is 4.68. The van der Waals surface area contributed by atoms with Gasteiger partial charge in [-0.2, -0.15) is 0 Å². The van der Waals surface area contributed by atoms with E-state index in [1.807, 2.05) is 0 Å². The number of carbonyl (C=O) groups excluding carboxylic acids is 1. The number of hydrogen-bond acceptors (Lipinski definition) is 2. The number of ketones is 1. The van der Waals surface area contributed by atoms with Crippen LogP contribution in [0.5, 0.6) is 0 Å². The summed E-state index contributed by atoms with van der Waals surface area (Å²) in [7, 11) is 0. The molecule has 0 amide bonds. The van der Waals surface area contributed by atoms with Crippen LogP contribution in [0.2, 0.25) is 0 Å². The highest BCUT2D eigenvalue weighted by Gasteiger charge is 2.33. The van der Waals surface area contributed by atoms with Crippen LogP contribution in [0.1, 0.15) is 31.2 Å². The maximum atomic E-state index is 13.4. The van der Waals surface area contributed by atoms with E-state index < -0.39 is 17.2 Å². The van der Waals surface area contributed by atoms with Crippen LogP contribution in [-0.2, 0) is 11.2 Å². The van der Waals surface area contributed by atoms with Gasteiger partial charge in [0.25, 0.3) is 0 Å². The van der Waals surface area contributed by atoms with Crippen LogP contribution in [0.25, 0.3) is 0 Å². The number of aliphatic hydroxyl groups is 1. The minimum atomic E-state index is -1.08. The van der Waals surface area contributed by atoms with Crippen molar-refractivity contribution in [2.45, 2.75) is 37.7 Å². The van der Waals surface area contributed by atoms with Crippen LogP contribution in [0.4, 0.5) is 8.78 Å². The lowest BCUT2D eigenvalue weighted by Crippen LogP contribution is -2.36. The van der Waals surface area contributed by atoms with Crippen molar-refractivity contribution in [1.82, 2.24) is 0 Å². The van der Waals surface area contributed by atoms with Gasteiger partial charge in [-0.15, -0.1) is 0 Å². The van der Waals surface area contributed by atoms with E-state index in [-0.39, 0.29) is 17.8 Å². The first-order valence-electron chi connectivity index (χ1n) is 5.67. The smallest absolute Gasteiger partial charge is 0.133 e. The van der Waals surface area contributed by atoms with E-state index in [0.29, 0.717) is 25.7 Å². The molecule has 4 heteroatoms.